The molecule has 2 heterocycles. The number of aromatic nitrogens is 1. The van der Waals surface area contributed by atoms with Crippen LogP contribution < -0.4 is 4.74 Å². The molecule has 0 aliphatic carbocycles. The minimum Gasteiger partial charge on any atom is -0.478 e. The van der Waals surface area contributed by atoms with Gasteiger partial charge in [-0.3, -0.25) is 4.79 Å². The molecule has 152 valence electrons. The van der Waals surface area contributed by atoms with E-state index in [1.54, 1.807) is 18.7 Å². The molecular weight excluding hydrogens is 380 g/mol. The lowest BCUT2D eigenvalue weighted by Gasteiger charge is -2.30. The Morgan fingerprint density at radius 1 is 1.29 bits per heavy atom. The van der Waals surface area contributed by atoms with Gasteiger partial charge in [0.2, 0.25) is 0 Å². The molecule has 7 heteroatoms. The van der Waals surface area contributed by atoms with Gasteiger partial charge in [0.05, 0.1) is 11.8 Å². The second kappa shape index (κ2) is 7.76. The summed E-state index contributed by atoms with van der Waals surface area (Å²) in [5, 5.41) is 15.0. The fraction of sp³-hybridized carbons (Fsp3) is 0.524. The Morgan fingerprint density at radius 2 is 1.93 bits per heavy atom. The number of carbonyl (C=O) groups is 1. The van der Waals surface area contributed by atoms with Crippen LogP contribution in [0.4, 0.5) is 0 Å². The van der Waals surface area contributed by atoms with Crippen LogP contribution in [-0.2, 0) is 11.2 Å². The van der Waals surface area contributed by atoms with Crippen molar-refractivity contribution in [1.29, 1.82) is 0 Å². The highest BCUT2D eigenvalue weighted by Crippen LogP contribution is 2.30. The van der Waals surface area contributed by atoms with Crippen molar-refractivity contribution in [2.45, 2.75) is 52.7 Å². The molecule has 1 amide bonds. The molecule has 0 bridgehead atoms. The zero-order chi connectivity index (χ0) is 20.6. The maximum absolute atomic E-state index is 13.1. The number of halogens is 1. The van der Waals surface area contributed by atoms with Gasteiger partial charge in [-0.15, -0.1) is 0 Å². The maximum Gasteiger partial charge on any atom is 0.266 e. The van der Waals surface area contributed by atoms with Crippen LogP contribution in [0.1, 0.15) is 36.4 Å². The summed E-state index contributed by atoms with van der Waals surface area (Å²) in [6.45, 7) is 9.89. The number of benzene rings is 1. The van der Waals surface area contributed by atoms with Gasteiger partial charge in [0.1, 0.15) is 11.5 Å². The summed E-state index contributed by atoms with van der Waals surface area (Å²) < 4.78 is 11.3. The van der Waals surface area contributed by atoms with Gasteiger partial charge >= 0.3 is 0 Å². The molecule has 0 unspecified atom stereocenters. The number of likely N-dealkylation sites (tertiary alicyclic amines) is 1. The number of β-amino-alcohol motifs (C(OH)–C–C–N with tert-alkyl or cyclic N) is 1. The molecule has 1 fully saturated rings. The second-order valence-electron chi connectivity index (χ2n) is 8.16. The molecule has 1 aromatic heterocycles. The summed E-state index contributed by atoms with van der Waals surface area (Å²) in [5.74, 6) is 1.07. The molecule has 2 aromatic rings. The van der Waals surface area contributed by atoms with Crippen LogP contribution >= 0.6 is 11.6 Å². The Bertz CT molecular complexity index is 854. The van der Waals surface area contributed by atoms with Crippen molar-refractivity contribution in [3.05, 3.63) is 45.8 Å². The average Bonchev–Trinajstić information content (AvgIpc) is 3.17. The number of hydrogen-bond donors (Lipinski definition) is 1. The van der Waals surface area contributed by atoms with Crippen molar-refractivity contribution < 1.29 is 19.2 Å². The molecule has 1 N–H and O–H groups in total. The van der Waals surface area contributed by atoms with Crippen LogP contribution in [0.15, 0.2) is 22.7 Å². The highest BCUT2D eigenvalue weighted by molar-refractivity contribution is 6.32. The third-order valence-electron chi connectivity index (χ3n) is 5.13. The fourth-order valence-electron chi connectivity index (χ4n) is 3.68. The number of amides is 1. The number of nitrogens with zero attached hydrogens (tertiary/aromatic N) is 2. The lowest BCUT2D eigenvalue weighted by molar-refractivity contribution is -0.144. The lowest BCUT2D eigenvalue weighted by Crippen LogP contribution is -2.48. The van der Waals surface area contributed by atoms with Crippen molar-refractivity contribution in [2.75, 3.05) is 13.1 Å². The van der Waals surface area contributed by atoms with E-state index in [-0.39, 0.29) is 18.4 Å². The summed E-state index contributed by atoms with van der Waals surface area (Å²) in [4.78, 5) is 14.7. The topological polar surface area (TPSA) is 75.8 Å². The summed E-state index contributed by atoms with van der Waals surface area (Å²) >= 11 is 6.22. The Hall–Kier alpha value is -2.05. The van der Waals surface area contributed by atoms with Gasteiger partial charge < -0.3 is 19.3 Å². The third-order valence-corrected chi connectivity index (χ3v) is 5.73. The number of aliphatic hydroxyl groups excluding tert-OH is 1. The van der Waals surface area contributed by atoms with Crippen LogP contribution in [0.25, 0.3) is 0 Å². The molecule has 28 heavy (non-hydrogen) atoms. The number of carbonyl (C=O) groups excluding carboxylic acids is 1. The third kappa shape index (κ3) is 4.33. The first kappa shape index (κ1) is 20.7. The van der Waals surface area contributed by atoms with Crippen LogP contribution in [0, 0.1) is 26.7 Å². The Balaban J connectivity index is 1.68. The summed E-state index contributed by atoms with van der Waals surface area (Å²) in [6.07, 6.45) is -0.0620. The van der Waals surface area contributed by atoms with Gasteiger partial charge in [0, 0.05) is 36.5 Å². The fourth-order valence-corrected chi connectivity index (χ4v) is 3.78. The van der Waals surface area contributed by atoms with E-state index in [1.165, 1.54) is 0 Å². The number of aryl methyl sites for hydroxylation is 3. The molecular formula is C21H27ClN2O4. The molecule has 1 aromatic carbocycles. The molecule has 3 rings (SSSR count). The standard InChI is InChI=1S/C21H27ClN2O4/c1-12-6-16(7-13(2)19(12)22)27-21(4,5)20(26)24-10-15(18(25)11-24)9-17-8-14(3)23-28-17/h6-8,15,18,25H,9-11H2,1-5H3/t15-,18-/m1/s1. The quantitative estimate of drug-likeness (QED) is 0.822. The number of rotatable bonds is 5. The molecule has 0 radical (unpaired) electrons. The van der Waals surface area contributed by atoms with Gasteiger partial charge in [-0.05, 0) is 57.9 Å². The monoisotopic (exact) mass is 406 g/mol. The first-order chi connectivity index (χ1) is 13.1. The highest BCUT2D eigenvalue weighted by Gasteiger charge is 2.41. The number of ether oxygens (including phenoxy) is 1. The minimum absolute atomic E-state index is 0.0906. The van der Waals surface area contributed by atoms with E-state index in [0.29, 0.717) is 23.7 Å². The van der Waals surface area contributed by atoms with Crippen LogP contribution in [-0.4, -0.2) is 45.9 Å². The first-order valence-corrected chi connectivity index (χ1v) is 9.80. The SMILES string of the molecule is Cc1cc(C[C@@H]2CN(C(=O)C(C)(C)Oc3cc(C)c(Cl)c(C)c3)C[C@H]2O)on1. The summed E-state index contributed by atoms with van der Waals surface area (Å²) in [7, 11) is 0. The lowest BCUT2D eigenvalue weighted by atomic mass is 10.0. The van der Waals surface area contributed by atoms with Gasteiger partial charge in [-0.1, -0.05) is 16.8 Å². The van der Waals surface area contributed by atoms with Crippen LogP contribution in [0.5, 0.6) is 5.75 Å². The van der Waals surface area contributed by atoms with Crippen molar-refractivity contribution >= 4 is 17.5 Å². The van der Waals surface area contributed by atoms with E-state index in [0.717, 1.165) is 22.6 Å². The largest absolute Gasteiger partial charge is 0.478 e. The minimum atomic E-state index is -1.07. The molecule has 1 aliphatic rings. The molecule has 0 saturated carbocycles. The smallest absolute Gasteiger partial charge is 0.266 e. The Labute approximate surface area is 170 Å². The van der Waals surface area contributed by atoms with E-state index in [9.17, 15) is 9.90 Å². The van der Waals surface area contributed by atoms with Gasteiger partial charge in [-0.2, -0.15) is 0 Å². The Morgan fingerprint density at radius 3 is 2.50 bits per heavy atom. The van der Waals surface area contributed by atoms with Gasteiger partial charge in [0.25, 0.3) is 5.91 Å². The summed E-state index contributed by atoms with van der Waals surface area (Å²) in [5.41, 5.74) is 1.54. The van der Waals surface area contributed by atoms with Crippen molar-refractivity contribution in [3.63, 3.8) is 0 Å². The molecule has 6 nitrogen and oxygen atoms in total. The Kier molecular flexibility index (Phi) is 5.73. The van der Waals surface area contributed by atoms with Gasteiger partial charge in [0.15, 0.2) is 5.60 Å². The predicted molar refractivity (Wildman–Crippen MR) is 107 cm³/mol. The molecule has 2 atom stereocenters. The van der Waals surface area contributed by atoms with Crippen molar-refractivity contribution in [1.82, 2.24) is 10.1 Å². The van der Waals surface area contributed by atoms with Crippen molar-refractivity contribution in [3.8, 4) is 5.75 Å². The normalized spacial score (nSPS) is 19.9. The second-order valence-corrected chi connectivity index (χ2v) is 8.54. The van der Waals surface area contributed by atoms with E-state index in [2.05, 4.69) is 5.16 Å². The number of aliphatic hydroxyl groups is 1. The van der Waals surface area contributed by atoms with E-state index in [4.69, 9.17) is 20.9 Å². The zero-order valence-corrected chi connectivity index (χ0v) is 17.7. The molecule has 0 spiro atoms. The predicted octanol–water partition coefficient (Wildman–Crippen LogP) is 3.47. The van der Waals surface area contributed by atoms with E-state index in [1.807, 2.05) is 39.0 Å². The summed E-state index contributed by atoms with van der Waals surface area (Å²) in [6, 6.07) is 5.52. The van der Waals surface area contributed by atoms with E-state index < -0.39 is 11.7 Å². The van der Waals surface area contributed by atoms with E-state index >= 15 is 0 Å². The highest BCUT2D eigenvalue weighted by atomic mass is 35.5. The van der Waals surface area contributed by atoms with Crippen LogP contribution in [0.3, 0.4) is 0 Å². The van der Waals surface area contributed by atoms with Gasteiger partial charge in [-0.25, -0.2) is 0 Å². The zero-order valence-electron chi connectivity index (χ0n) is 17.0. The van der Waals surface area contributed by atoms with Crippen molar-refractivity contribution in [2.24, 2.45) is 5.92 Å². The molecule has 1 aliphatic heterocycles. The number of hydrogen-bond acceptors (Lipinski definition) is 5. The maximum atomic E-state index is 13.1. The first-order valence-electron chi connectivity index (χ1n) is 9.42. The average molecular weight is 407 g/mol. The van der Waals surface area contributed by atoms with Crippen LogP contribution in [0.2, 0.25) is 5.02 Å². The molecule has 1 saturated heterocycles.